The van der Waals surface area contributed by atoms with Crippen molar-refractivity contribution < 1.29 is 23.9 Å². The zero-order valence-electron chi connectivity index (χ0n) is 17.5. The Balaban J connectivity index is 1.72. The van der Waals surface area contributed by atoms with Crippen LogP contribution in [0.3, 0.4) is 0 Å². The van der Waals surface area contributed by atoms with Crippen LogP contribution in [0.15, 0.2) is 48.5 Å². The molecule has 0 aromatic heterocycles. The Bertz CT molecular complexity index is 908. The lowest BCUT2D eigenvalue weighted by atomic mass is 10.1. The maximum absolute atomic E-state index is 13.0. The molecule has 1 heterocycles. The Labute approximate surface area is 176 Å². The van der Waals surface area contributed by atoms with Crippen LogP contribution in [0.2, 0.25) is 0 Å². The first-order valence-electron chi connectivity index (χ1n) is 9.94. The van der Waals surface area contributed by atoms with E-state index < -0.39 is 6.04 Å². The first-order chi connectivity index (χ1) is 14.4. The Morgan fingerprint density at radius 2 is 1.70 bits per heavy atom. The zero-order chi connectivity index (χ0) is 21.7. The van der Waals surface area contributed by atoms with Crippen molar-refractivity contribution in [1.82, 2.24) is 4.90 Å². The molecule has 7 heteroatoms. The summed E-state index contributed by atoms with van der Waals surface area (Å²) in [5.41, 5.74) is 1.50. The van der Waals surface area contributed by atoms with E-state index in [0.717, 1.165) is 16.2 Å². The van der Waals surface area contributed by atoms with Gasteiger partial charge in [0.05, 0.1) is 25.8 Å². The van der Waals surface area contributed by atoms with Gasteiger partial charge >= 0.3 is 0 Å². The van der Waals surface area contributed by atoms with E-state index in [9.17, 15) is 14.4 Å². The van der Waals surface area contributed by atoms with E-state index in [1.165, 1.54) is 11.8 Å². The summed E-state index contributed by atoms with van der Waals surface area (Å²) in [5.74, 6) is 0.494. The third-order valence-electron chi connectivity index (χ3n) is 5.11. The summed E-state index contributed by atoms with van der Waals surface area (Å²) in [5, 5.41) is 0. The summed E-state index contributed by atoms with van der Waals surface area (Å²) < 4.78 is 10.6. The number of imide groups is 1. The normalized spacial score (nSPS) is 16.0. The number of anilines is 1. The fourth-order valence-corrected chi connectivity index (χ4v) is 3.56. The Hall–Kier alpha value is -3.35. The standard InChI is InChI=1S/C23H26N2O5/c1-4-30-20-11-7-18(8-12-20)25-22(27)15-21(23(25)28)24(16(2)26)14-13-17-5-9-19(29-3)10-6-17/h5-12,21H,4,13-15H2,1-3H3/t21-/m1/s1. The maximum Gasteiger partial charge on any atom is 0.257 e. The highest BCUT2D eigenvalue weighted by Gasteiger charge is 2.43. The lowest BCUT2D eigenvalue weighted by molar-refractivity contribution is -0.136. The predicted molar refractivity (Wildman–Crippen MR) is 113 cm³/mol. The summed E-state index contributed by atoms with van der Waals surface area (Å²) in [4.78, 5) is 40.5. The number of rotatable bonds is 8. The van der Waals surface area contributed by atoms with Gasteiger partial charge in [0.1, 0.15) is 17.5 Å². The van der Waals surface area contributed by atoms with Crippen molar-refractivity contribution >= 4 is 23.4 Å². The van der Waals surface area contributed by atoms with Gasteiger partial charge in [0, 0.05) is 13.5 Å². The van der Waals surface area contributed by atoms with Gasteiger partial charge in [-0.2, -0.15) is 0 Å². The molecule has 0 saturated carbocycles. The molecule has 1 aliphatic heterocycles. The van der Waals surface area contributed by atoms with Gasteiger partial charge in [-0.15, -0.1) is 0 Å². The van der Waals surface area contributed by atoms with Gasteiger partial charge in [-0.1, -0.05) is 12.1 Å². The van der Waals surface area contributed by atoms with Crippen LogP contribution in [0.4, 0.5) is 5.69 Å². The zero-order valence-corrected chi connectivity index (χ0v) is 17.5. The number of carbonyl (C=O) groups excluding carboxylic acids is 3. The highest BCUT2D eigenvalue weighted by molar-refractivity contribution is 6.23. The van der Waals surface area contributed by atoms with Crippen molar-refractivity contribution in [2.24, 2.45) is 0 Å². The maximum atomic E-state index is 13.0. The fourth-order valence-electron chi connectivity index (χ4n) is 3.56. The lowest BCUT2D eigenvalue weighted by Gasteiger charge is -2.26. The molecule has 0 N–H and O–H groups in total. The summed E-state index contributed by atoms with van der Waals surface area (Å²) >= 11 is 0. The molecule has 30 heavy (non-hydrogen) atoms. The third-order valence-corrected chi connectivity index (χ3v) is 5.11. The molecule has 0 aliphatic carbocycles. The minimum absolute atomic E-state index is 0.0196. The van der Waals surface area contributed by atoms with E-state index in [1.807, 2.05) is 31.2 Å². The monoisotopic (exact) mass is 410 g/mol. The number of amides is 3. The van der Waals surface area contributed by atoms with E-state index in [2.05, 4.69) is 0 Å². The number of nitrogens with zero attached hydrogens (tertiary/aromatic N) is 2. The lowest BCUT2D eigenvalue weighted by Crippen LogP contribution is -2.45. The predicted octanol–water partition coefficient (Wildman–Crippen LogP) is 2.82. The van der Waals surface area contributed by atoms with Crippen LogP contribution < -0.4 is 14.4 Å². The second-order valence-electron chi connectivity index (χ2n) is 7.02. The van der Waals surface area contributed by atoms with Gasteiger partial charge in [-0.05, 0) is 55.3 Å². The number of hydrogen-bond acceptors (Lipinski definition) is 5. The van der Waals surface area contributed by atoms with Crippen LogP contribution in [0.1, 0.15) is 25.8 Å². The molecular weight excluding hydrogens is 384 g/mol. The minimum Gasteiger partial charge on any atom is -0.497 e. The van der Waals surface area contributed by atoms with Crippen LogP contribution in [0.25, 0.3) is 0 Å². The van der Waals surface area contributed by atoms with Gasteiger partial charge in [0.25, 0.3) is 5.91 Å². The molecule has 1 aliphatic rings. The number of hydrogen-bond donors (Lipinski definition) is 0. The highest BCUT2D eigenvalue weighted by atomic mass is 16.5. The van der Waals surface area contributed by atoms with Crippen molar-refractivity contribution in [1.29, 1.82) is 0 Å². The van der Waals surface area contributed by atoms with E-state index in [-0.39, 0.29) is 24.1 Å². The molecule has 1 atom stereocenters. The van der Waals surface area contributed by atoms with Gasteiger partial charge in [0.2, 0.25) is 11.8 Å². The number of ether oxygens (including phenoxy) is 2. The second-order valence-corrected chi connectivity index (χ2v) is 7.02. The highest BCUT2D eigenvalue weighted by Crippen LogP contribution is 2.27. The fraction of sp³-hybridized carbons (Fsp3) is 0.348. The van der Waals surface area contributed by atoms with E-state index in [0.29, 0.717) is 31.0 Å². The van der Waals surface area contributed by atoms with Crippen LogP contribution in [0, 0.1) is 0 Å². The van der Waals surface area contributed by atoms with Crippen molar-refractivity contribution in [2.75, 3.05) is 25.2 Å². The Morgan fingerprint density at radius 1 is 1.07 bits per heavy atom. The largest absolute Gasteiger partial charge is 0.497 e. The molecule has 3 rings (SSSR count). The molecule has 2 aromatic carbocycles. The molecule has 0 unspecified atom stereocenters. The van der Waals surface area contributed by atoms with Crippen LogP contribution in [-0.4, -0.2) is 48.9 Å². The van der Waals surface area contributed by atoms with Gasteiger partial charge < -0.3 is 14.4 Å². The van der Waals surface area contributed by atoms with E-state index >= 15 is 0 Å². The number of benzene rings is 2. The SMILES string of the molecule is CCOc1ccc(N2C(=O)C[C@@H](N(CCc3ccc(OC)cc3)C(C)=O)C2=O)cc1. The van der Waals surface area contributed by atoms with E-state index in [4.69, 9.17) is 9.47 Å². The van der Waals surface area contributed by atoms with Crippen molar-refractivity contribution in [2.45, 2.75) is 32.7 Å². The molecule has 1 fully saturated rings. The Morgan fingerprint density at radius 3 is 2.27 bits per heavy atom. The first kappa shape index (κ1) is 21.4. The van der Waals surface area contributed by atoms with Crippen LogP contribution in [-0.2, 0) is 20.8 Å². The first-order valence-corrected chi connectivity index (χ1v) is 9.94. The van der Waals surface area contributed by atoms with E-state index in [1.54, 1.807) is 31.4 Å². The Kier molecular flexibility index (Phi) is 6.72. The van der Waals surface area contributed by atoms with Crippen molar-refractivity contribution in [3.63, 3.8) is 0 Å². The molecular formula is C23H26N2O5. The second kappa shape index (κ2) is 9.43. The average Bonchev–Trinajstić information content (AvgIpc) is 3.03. The van der Waals surface area contributed by atoms with Crippen LogP contribution in [0.5, 0.6) is 11.5 Å². The number of carbonyl (C=O) groups is 3. The molecule has 3 amide bonds. The smallest absolute Gasteiger partial charge is 0.257 e. The van der Waals surface area contributed by atoms with Gasteiger partial charge in [-0.3, -0.25) is 14.4 Å². The van der Waals surface area contributed by atoms with Crippen molar-refractivity contribution in [3.05, 3.63) is 54.1 Å². The van der Waals surface area contributed by atoms with Crippen molar-refractivity contribution in [3.8, 4) is 11.5 Å². The molecule has 7 nitrogen and oxygen atoms in total. The summed E-state index contributed by atoms with van der Waals surface area (Å²) in [6.45, 7) is 4.19. The van der Waals surface area contributed by atoms with Gasteiger partial charge in [0.15, 0.2) is 0 Å². The average molecular weight is 410 g/mol. The summed E-state index contributed by atoms with van der Waals surface area (Å²) in [6.07, 6.45) is 0.554. The molecule has 1 saturated heterocycles. The molecule has 158 valence electrons. The summed E-state index contributed by atoms with van der Waals surface area (Å²) in [6, 6.07) is 13.6. The number of methoxy groups -OCH3 is 1. The summed E-state index contributed by atoms with van der Waals surface area (Å²) in [7, 11) is 1.60. The topological polar surface area (TPSA) is 76.2 Å². The van der Waals surface area contributed by atoms with Crippen LogP contribution >= 0.6 is 0 Å². The van der Waals surface area contributed by atoms with Gasteiger partial charge in [-0.25, -0.2) is 4.90 Å². The molecule has 0 bridgehead atoms. The molecule has 0 radical (unpaired) electrons. The third kappa shape index (κ3) is 4.62. The quantitative estimate of drug-likeness (QED) is 0.626. The molecule has 2 aromatic rings. The minimum atomic E-state index is -0.792. The molecule has 0 spiro atoms.